The topological polar surface area (TPSA) is 35.5 Å². The van der Waals surface area contributed by atoms with Crippen LogP contribution in [0, 0.1) is 0 Å². The Labute approximate surface area is 85.8 Å². The van der Waals surface area contributed by atoms with Gasteiger partial charge in [0.25, 0.3) is 0 Å². The molecule has 0 aliphatic carbocycles. The monoisotopic (exact) mass is 200 g/mol. The number of rotatable bonds is 6. The van der Waals surface area contributed by atoms with Gasteiger partial charge in [0.05, 0.1) is 12.7 Å². The Bertz CT molecular complexity index is 162. The summed E-state index contributed by atoms with van der Waals surface area (Å²) in [7, 11) is 0. The van der Waals surface area contributed by atoms with Crippen molar-refractivity contribution in [2.24, 2.45) is 0 Å². The van der Waals surface area contributed by atoms with E-state index in [0.717, 1.165) is 25.9 Å². The minimum absolute atomic E-state index is 0.0696. The summed E-state index contributed by atoms with van der Waals surface area (Å²) < 4.78 is 10.5. The Hall–Kier alpha value is -0.570. The highest BCUT2D eigenvalue weighted by Crippen LogP contribution is 2.16. The smallest absolute Gasteiger partial charge is 0.305 e. The van der Waals surface area contributed by atoms with Crippen LogP contribution >= 0.6 is 0 Å². The zero-order valence-corrected chi connectivity index (χ0v) is 8.96. The van der Waals surface area contributed by atoms with Crippen LogP contribution in [-0.4, -0.2) is 25.3 Å². The first-order chi connectivity index (χ1) is 6.83. The van der Waals surface area contributed by atoms with Gasteiger partial charge in [0, 0.05) is 13.0 Å². The largest absolute Gasteiger partial charge is 0.466 e. The standard InChI is InChI=1S/C11H20O3/c1-2-5-11(12)14-9-4-7-10-6-3-8-13-10/h10H,2-9H2,1H3. The van der Waals surface area contributed by atoms with Crippen molar-refractivity contribution in [3.8, 4) is 0 Å². The van der Waals surface area contributed by atoms with Crippen molar-refractivity contribution in [3.05, 3.63) is 0 Å². The van der Waals surface area contributed by atoms with Crippen molar-refractivity contribution in [3.63, 3.8) is 0 Å². The van der Waals surface area contributed by atoms with Crippen LogP contribution in [0.4, 0.5) is 0 Å². The molecule has 0 saturated carbocycles. The number of hydrogen-bond donors (Lipinski definition) is 0. The third-order valence-corrected chi connectivity index (χ3v) is 2.41. The number of esters is 1. The van der Waals surface area contributed by atoms with E-state index in [-0.39, 0.29) is 5.97 Å². The summed E-state index contributed by atoms with van der Waals surface area (Å²) in [5.41, 5.74) is 0. The molecule has 1 heterocycles. The van der Waals surface area contributed by atoms with Crippen LogP contribution in [0.1, 0.15) is 45.4 Å². The number of ether oxygens (including phenoxy) is 2. The molecule has 0 aromatic carbocycles. The van der Waals surface area contributed by atoms with E-state index >= 15 is 0 Å². The quantitative estimate of drug-likeness (QED) is 0.487. The van der Waals surface area contributed by atoms with Crippen molar-refractivity contribution >= 4 is 5.97 Å². The third-order valence-electron chi connectivity index (χ3n) is 2.41. The van der Waals surface area contributed by atoms with Gasteiger partial charge >= 0.3 is 5.97 Å². The highest BCUT2D eigenvalue weighted by Gasteiger charge is 2.14. The van der Waals surface area contributed by atoms with Gasteiger partial charge in [0.15, 0.2) is 0 Å². The molecule has 1 aliphatic rings. The molecule has 1 atom stereocenters. The molecule has 3 heteroatoms. The maximum Gasteiger partial charge on any atom is 0.305 e. The highest BCUT2D eigenvalue weighted by molar-refractivity contribution is 5.69. The minimum atomic E-state index is -0.0696. The lowest BCUT2D eigenvalue weighted by Gasteiger charge is -2.08. The Morgan fingerprint density at radius 1 is 1.57 bits per heavy atom. The van der Waals surface area contributed by atoms with Gasteiger partial charge in [-0.3, -0.25) is 4.79 Å². The molecule has 1 saturated heterocycles. The van der Waals surface area contributed by atoms with Crippen LogP contribution in [0.5, 0.6) is 0 Å². The predicted molar refractivity (Wildman–Crippen MR) is 54.1 cm³/mol. The number of hydrogen-bond acceptors (Lipinski definition) is 3. The Balaban J connectivity index is 1.90. The van der Waals surface area contributed by atoms with Crippen molar-refractivity contribution in [2.75, 3.05) is 13.2 Å². The molecule has 14 heavy (non-hydrogen) atoms. The number of carbonyl (C=O) groups excluding carboxylic acids is 1. The maximum absolute atomic E-state index is 11.0. The van der Waals surface area contributed by atoms with Crippen LogP contribution in [-0.2, 0) is 14.3 Å². The zero-order chi connectivity index (χ0) is 10.2. The van der Waals surface area contributed by atoms with Gasteiger partial charge < -0.3 is 9.47 Å². The fourth-order valence-electron chi connectivity index (χ4n) is 1.65. The molecule has 0 bridgehead atoms. The Morgan fingerprint density at radius 2 is 2.43 bits per heavy atom. The van der Waals surface area contributed by atoms with Crippen molar-refractivity contribution in [1.29, 1.82) is 0 Å². The first kappa shape index (κ1) is 11.5. The average molecular weight is 200 g/mol. The second kappa shape index (κ2) is 6.82. The van der Waals surface area contributed by atoms with E-state index in [0.29, 0.717) is 19.1 Å². The fraction of sp³-hybridized carbons (Fsp3) is 0.909. The third kappa shape index (κ3) is 4.61. The van der Waals surface area contributed by atoms with Crippen LogP contribution in [0.3, 0.4) is 0 Å². The molecule has 3 nitrogen and oxygen atoms in total. The summed E-state index contributed by atoms with van der Waals surface area (Å²) >= 11 is 0. The predicted octanol–water partition coefficient (Wildman–Crippen LogP) is 2.29. The molecule has 82 valence electrons. The fourth-order valence-corrected chi connectivity index (χ4v) is 1.65. The van der Waals surface area contributed by atoms with Crippen molar-refractivity contribution in [2.45, 2.75) is 51.6 Å². The van der Waals surface area contributed by atoms with E-state index in [1.807, 2.05) is 6.92 Å². The summed E-state index contributed by atoms with van der Waals surface area (Å²) in [5.74, 6) is -0.0696. The summed E-state index contributed by atoms with van der Waals surface area (Å²) in [5, 5.41) is 0. The van der Waals surface area contributed by atoms with Gasteiger partial charge in [-0.25, -0.2) is 0 Å². The minimum Gasteiger partial charge on any atom is -0.466 e. The summed E-state index contributed by atoms with van der Waals surface area (Å²) in [6.07, 6.45) is 6.13. The van der Waals surface area contributed by atoms with Crippen LogP contribution in [0.2, 0.25) is 0 Å². The average Bonchev–Trinajstić information content (AvgIpc) is 2.65. The lowest BCUT2D eigenvalue weighted by Crippen LogP contribution is -2.09. The SMILES string of the molecule is CCCC(=O)OCCCC1CCCO1. The second-order valence-corrected chi connectivity index (χ2v) is 3.75. The lowest BCUT2D eigenvalue weighted by molar-refractivity contribution is -0.143. The van der Waals surface area contributed by atoms with Crippen LogP contribution in [0.25, 0.3) is 0 Å². The van der Waals surface area contributed by atoms with Crippen molar-refractivity contribution in [1.82, 2.24) is 0 Å². The van der Waals surface area contributed by atoms with Gasteiger partial charge in [0.1, 0.15) is 0 Å². The number of carbonyl (C=O) groups is 1. The lowest BCUT2D eigenvalue weighted by atomic mass is 10.1. The van der Waals surface area contributed by atoms with Crippen LogP contribution < -0.4 is 0 Å². The molecule has 1 aliphatic heterocycles. The molecule has 0 spiro atoms. The van der Waals surface area contributed by atoms with E-state index in [1.54, 1.807) is 0 Å². The first-order valence-corrected chi connectivity index (χ1v) is 5.60. The van der Waals surface area contributed by atoms with Gasteiger partial charge in [0.2, 0.25) is 0 Å². The van der Waals surface area contributed by atoms with Gasteiger partial charge in [-0.05, 0) is 32.1 Å². The molecule has 0 aromatic heterocycles. The van der Waals surface area contributed by atoms with E-state index in [9.17, 15) is 4.79 Å². The Kier molecular flexibility index (Phi) is 5.60. The van der Waals surface area contributed by atoms with Gasteiger partial charge in [-0.1, -0.05) is 6.92 Å². The van der Waals surface area contributed by atoms with Gasteiger partial charge in [-0.15, -0.1) is 0 Å². The molecular formula is C11H20O3. The molecule has 1 unspecified atom stereocenters. The van der Waals surface area contributed by atoms with Gasteiger partial charge in [-0.2, -0.15) is 0 Å². The molecule has 1 rings (SSSR count). The first-order valence-electron chi connectivity index (χ1n) is 5.60. The summed E-state index contributed by atoms with van der Waals surface area (Å²) in [6, 6.07) is 0. The summed E-state index contributed by atoms with van der Waals surface area (Å²) in [4.78, 5) is 11.0. The maximum atomic E-state index is 11.0. The Morgan fingerprint density at radius 3 is 3.07 bits per heavy atom. The van der Waals surface area contributed by atoms with E-state index < -0.39 is 0 Å². The normalized spacial score (nSPS) is 21.1. The highest BCUT2D eigenvalue weighted by atomic mass is 16.5. The van der Waals surface area contributed by atoms with E-state index in [1.165, 1.54) is 12.8 Å². The molecule has 1 fully saturated rings. The molecular weight excluding hydrogens is 180 g/mol. The summed E-state index contributed by atoms with van der Waals surface area (Å²) in [6.45, 7) is 3.44. The second-order valence-electron chi connectivity index (χ2n) is 3.75. The zero-order valence-electron chi connectivity index (χ0n) is 8.96. The molecule has 0 aromatic rings. The molecule has 0 N–H and O–H groups in total. The van der Waals surface area contributed by atoms with Crippen molar-refractivity contribution < 1.29 is 14.3 Å². The van der Waals surface area contributed by atoms with E-state index in [4.69, 9.17) is 9.47 Å². The molecule has 0 radical (unpaired) electrons. The van der Waals surface area contributed by atoms with E-state index in [2.05, 4.69) is 0 Å². The van der Waals surface area contributed by atoms with Crippen LogP contribution in [0.15, 0.2) is 0 Å². The molecule has 0 amide bonds.